The van der Waals surface area contributed by atoms with E-state index >= 15 is 0 Å². The number of anilines is 3. The Morgan fingerprint density at radius 2 is 2.20 bits per heavy atom. The van der Waals surface area contributed by atoms with Gasteiger partial charge in [-0.2, -0.15) is 4.98 Å². The molecule has 2 N–H and O–H groups in total. The molecule has 0 aliphatic heterocycles. The first-order valence-corrected chi connectivity index (χ1v) is 7.57. The van der Waals surface area contributed by atoms with Gasteiger partial charge in [0.2, 0.25) is 5.95 Å². The summed E-state index contributed by atoms with van der Waals surface area (Å²) in [5, 5.41) is 6.35. The molecule has 1 aromatic heterocycles. The Kier molecular flexibility index (Phi) is 4.00. The molecule has 0 spiro atoms. The monoisotopic (exact) mass is 384 g/mol. The molecule has 1 aromatic carbocycles. The first-order valence-electron chi connectivity index (χ1n) is 6.50. The van der Waals surface area contributed by atoms with Crippen LogP contribution >= 0.6 is 22.6 Å². The fraction of sp³-hybridized carbons (Fsp3) is 0.286. The van der Waals surface area contributed by atoms with Crippen molar-refractivity contribution in [2.24, 2.45) is 5.92 Å². The third-order valence-electron chi connectivity index (χ3n) is 3.08. The van der Waals surface area contributed by atoms with E-state index in [1.54, 1.807) is 18.3 Å². The van der Waals surface area contributed by atoms with Gasteiger partial charge in [0.15, 0.2) is 0 Å². The summed E-state index contributed by atoms with van der Waals surface area (Å²) in [5.74, 6) is 1.79. The zero-order chi connectivity index (χ0) is 13.9. The Balaban J connectivity index is 1.73. The normalized spacial score (nSPS) is 14.1. The average Bonchev–Trinajstić information content (AvgIpc) is 3.23. The Morgan fingerprint density at radius 3 is 2.95 bits per heavy atom. The van der Waals surface area contributed by atoms with Gasteiger partial charge >= 0.3 is 0 Å². The van der Waals surface area contributed by atoms with Crippen LogP contribution in [0.4, 0.5) is 21.8 Å². The summed E-state index contributed by atoms with van der Waals surface area (Å²) in [6.07, 6.45) is 4.34. The molecule has 0 atom stereocenters. The average molecular weight is 384 g/mol. The minimum atomic E-state index is -0.285. The molecule has 1 saturated carbocycles. The molecule has 0 unspecified atom stereocenters. The van der Waals surface area contributed by atoms with Gasteiger partial charge < -0.3 is 10.6 Å². The summed E-state index contributed by atoms with van der Waals surface area (Å²) in [7, 11) is 0. The third kappa shape index (κ3) is 3.56. The summed E-state index contributed by atoms with van der Waals surface area (Å²) >= 11 is 2.21. The van der Waals surface area contributed by atoms with Crippen LogP contribution in [0.3, 0.4) is 0 Å². The lowest BCUT2D eigenvalue weighted by molar-refractivity contribution is 0.628. The number of hydrogen-bond donors (Lipinski definition) is 2. The number of nitrogens with zero attached hydrogens (tertiary/aromatic N) is 2. The van der Waals surface area contributed by atoms with Gasteiger partial charge in [-0.25, -0.2) is 9.37 Å². The zero-order valence-corrected chi connectivity index (χ0v) is 12.9. The molecule has 0 saturated heterocycles. The summed E-state index contributed by atoms with van der Waals surface area (Å²) in [6.45, 7) is 0.951. The van der Waals surface area contributed by atoms with Crippen LogP contribution in [0.1, 0.15) is 12.8 Å². The van der Waals surface area contributed by atoms with E-state index in [-0.39, 0.29) is 5.82 Å². The second-order valence-corrected chi connectivity index (χ2v) is 6.01. The van der Waals surface area contributed by atoms with E-state index in [9.17, 15) is 4.39 Å². The molecule has 1 aliphatic rings. The molecule has 104 valence electrons. The standard InChI is InChI=1S/C14H14FIN4/c15-10-2-1-3-11(6-10)19-14-18-8-12(16)13(20-14)17-7-9-4-5-9/h1-3,6,8-9H,4-5,7H2,(H2,17,18,19,20). The lowest BCUT2D eigenvalue weighted by atomic mass is 10.3. The number of rotatable bonds is 5. The fourth-order valence-corrected chi connectivity index (χ4v) is 2.26. The minimum Gasteiger partial charge on any atom is -0.369 e. The quantitative estimate of drug-likeness (QED) is 0.771. The van der Waals surface area contributed by atoms with Crippen molar-refractivity contribution in [1.29, 1.82) is 0 Å². The van der Waals surface area contributed by atoms with Gasteiger partial charge in [0, 0.05) is 18.4 Å². The van der Waals surface area contributed by atoms with Crippen LogP contribution in [-0.2, 0) is 0 Å². The van der Waals surface area contributed by atoms with E-state index in [1.165, 1.54) is 25.0 Å². The maximum Gasteiger partial charge on any atom is 0.229 e. The summed E-state index contributed by atoms with van der Waals surface area (Å²) in [5.41, 5.74) is 0.638. The van der Waals surface area contributed by atoms with Crippen LogP contribution < -0.4 is 10.6 Å². The SMILES string of the molecule is Fc1cccc(Nc2ncc(I)c(NCC3CC3)n2)c1. The predicted molar refractivity (Wildman–Crippen MR) is 85.6 cm³/mol. The van der Waals surface area contributed by atoms with Gasteiger partial charge in [-0.3, -0.25) is 0 Å². The highest BCUT2D eigenvalue weighted by atomic mass is 127. The van der Waals surface area contributed by atoms with E-state index in [1.807, 2.05) is 0 Å². The van der Waals surface area contributed by atoms with E-state index in [4.69, 9.17) is 0 Å². The Labute approximate surface area is 130 Å². The Bertz CT molecular complexity index is 616. The first kappa shape index (κ1) is 13.5. The van der Waals surface area contributed by atoms with Crippen LogP contribution in [0, 0.1) is 15.3 Å². The van der Waals surface area contributed by atoms with Crippen molar-refractivity contribution in [2.75, 3.05) is 17.2 Å². The summed E-state index contributed by atoms with van der Waals surface area (Å²) in [6, 6.07) is 6.25. The lowest BCUT2D eigenvalue weighted by Gasteiger charge is -2.10. The molecule has 0 radical (unpaired) electrons. The highest BCUT2D eigenvalue weighted by Crippen LogP contribution is 2.29. The Morgan fingerprint density at radius 1 is 1.35 bits per heavy atom. The summed E-state index contributed by atoms with van der Waals surface area (Å²) in [4.78, 5) is 8.65. The molecular formula is C14H14FIN4. The molecule has 1 aliphatic carbocycles. The molecule has 0 amide bonds. The number of benzene rings is 1. The van der Waals surface area contributed by atoms with E-state index in [0.29, 0.717) is 11.6 Å². The molecule has 1 heterocycles. The van der Waals surface area contributed by atoms with Crippen molar-refractivity contribution in [3.8, 4) is 0 Å². The van der Waals surface area contributed by atoms with Crippen molar-refractivity contribution < 1.29 is 4.39 Å². The number of halogens is 2. The van der Waals surface area contributed by atoms with Crippen LogP contribution in [0.15, 0.2) is 30.5 Å². The molecule has 3 rings (SSSR count). The molecule has 4 nitrogen and oxygen atoms in total. The van der Waals surface area contributed by atoms with Crippen LogP contribution in [0.2, 0.25) is 0 Å². The predicted octanol–water partition coefficient (Wildman–Crippen LogP) is 3.79. The van der Waals surface area contributed by atoms with E-state index in [0.717, 1.165) is 21.9 Å². The summed E-state index contributed by atoms with van der Waals surface area (Å²) < 4.78 is 14.1. The van der Waals surface area contributed by atoms with Crippen molar-refractivity contribution in [1.82, 2.24) is 9.97 Å². The van der Waals surface area contributed by atoms with Crippen LogP contribution in [-0.4, -0.2) is 16.5 Å². The van der Waals surface area contributed by atoms with Crippen LogP contribution in [0.25, 0.3) is 0 Å². The Hall–Kier alpha value is -1.44. The zero-order valence-electron chi connectivity index (χ0n) is 10.7. The number of nitrogens with one attached hydrogen (secondary N) is 2. The van der Waals surface area contributed by atoms with E-state index < -0.39 is 0 Å². The van der Waals surface area contributed by atoms with Gasteiger partial charge in [0.25, 0.3) is 0 Å². The minimum absolute atomic E-state index is 0.285. The third-order valence-corrected chi connectivity index (χ3v) is 3.87. The maximum atomic E-state index is 13.1. The van der Waals surface area contributed by atoms with Gasteiger partial charge in [-0.15, -0.1) is 0 Å². The van der Waals surface area contributed by atoms with Gasteiger partial charge in [0.05, 0.1) is 3.57 Å². The largest absolute Gasteiger partial charge is 0.369 e. The van der Waals surface area contributed by atoms with Crippen molar-refractivity contribution >= 4 is 40.0 Å². The second-order valence-electron chi connectivity index (χ2n) is 4.85. The van der Waals surface area contributed by atoms with E-state index in [2.05, 4.69) is 43.2 Å². The molecular weight excluding hydrogens is 370 g/mol. The maximum absolute atomic E-state index is 13.1. The molecule has 6 heteroatoms. The van der Waals surface area contributed by atoms with Crippen LogP contribution in [0.5, 0.6) is 0 Å². The number of aromatic nitrogens is 2. The van der Waals surface area contributed by atoms with Gasteiger partial charge in [-0.05, 0) is 59.5 Å². The molecule has 1 fully saturated rings. The highest BCUT2D eigenvalue weighted by molar-refractivity contribution is 14.1. The smallest absolute Gasteiger partial charge is 0.229 e. The molecule has 0 bridgehead atoms. The molecule has 20 heavy (non-hydrogen) atoms. The number of hydrogen-bond acceptors (Lipinski definition) is 4. The first-order chi connectivity index (χ1) is 9.70. The van der Waals surface area contributed by atoms with Crippen molar-refractivity contribution in [2.45, 2.75) is 12.8 Å². The van der Waals surface area contributed by atoms with Crippen molar-refractivity contribution in [3.63, 3.8) is 0 Å². The second kappa shape index (κ2) is 5.90. The molecule has 2 aromatic rings. The fourth-order valence-electron chi connectivity index (χ4n) is 1.81. The van der Waals surface area contributed by atoms with Crippen molar-refractivity contribution in [3.05, 3.63) is 39.8 Å². The van der Waals surface area contributed by atoms with Gasteiger partial charge in [0.1, 0.15) is 11.6 Å². The highest BCUT2D eigenvalue weighted by Gasteiger charge is 2.21. The van der Waals surface area contributed by atoms with Gasteiger partial charge in [-0.1, -0.05) is 6.07 Å². The topological polar surface area (TPSA) is 49.8 Å². The lowest BCUT2D eigenvalue weighted by Crippen LogP contribution is -2.08.